The molecule has 0 atom stereocenters. The Hall–Kier alpha value is -3.59. The smallest absolute Gasteiger partial charge is 0.239 e. The van der Waals surface area contributed by atoms with Crippen LogP contribution in [-0.4, -0.2) is 53.3 Å². The number of methoxy groups -OCH3 is 1. The average Bonchev–Trinajstić information content (AvgIpc) is 3.41. The quantitative estimate of drug-likeness (QED) is 0.299. The van der Waals surface area contributed by atoms with Crippen LogP contribution in [-0.2, 0) is 11.2 Å². The molecule has 0 unspecified atom stereocenters. The molecule has 2 aromatic carbocycles. The minimum atomic E-state index is -0.188. The van der Waals surface area contributed by atoms with Crippen LogP contribution in [0.25, 0.3) is 16.2 Å². The molecule has 0 aliphatic heterocycles. The fourth-order valence-corrected chi connectivity index (χ4v) is 4.68. The molecule has 1 amide bonds. The molecule has 2 N–H and O–H groups in total. The van der Waals surface area contributed by atoms with Crippen LogP contribution in [0.15, 0.2) is 54.6 Å². The summed E-state index contributed by atoms with van der Waals surface area (Å²) in [6.45, 7) is 7.19. The third-order valence-corrected chi connectivity index (χ3v) is 6.59. The Morgan fingerprint density at radius 2 is 1.83 bits per heavy atom. The van der Waals surface area contributed by atoms with Crippen LogP contribution in [0.1, 0.15) is 32.8 Å². The maximum Gasteiger partial charge on any atom is 0.239 e. The first kappa shape index (κ1) is 25.5. The van der Waals surface area contributed by atoms with Crippen molar-refractivity contribution in [2.24, 2.45) is 0 Å². The number of hydrogen-bond donors (Lipinski definition) is 2. The SMILES string of the molecule is COc1ccc(-c2nc3sc(N(C)CC(=O)NCCCc4ccccc4)nn3c2NC(C)(C)C)cc1. The summed E-state index contributed by atoms with van der Waals surface area (Å²) in [6, 6.07) is 18.1. The van der Waals surface area contributed by atoms with Gasteiger partial charge in [0.15, 0.2) is 5.82 Å². The molecule has 0 saturated carbocycles. The van der Waals surface area contributed by atoms with Crippen molar-refractivity contribution in [3.8, 4) is 17.0 Å². The van der Waals surface area contributed by atoms with Gasteiger partial charge in [-0.25, -0.2) is 4.98 Å². The molecule has 0 aliphatic carbocycles. The molecule has 0 saturated heterocycles. The lowest BCUT2D eigenvalue weighted by Crippen LogP contribution is -2.35. The summed E-state index contributed by atoms with van der Waals surface area (Å²) in [5.74, 6) is 1.60. The standard InChI is InChI=1S/C27H34N6O2S/c1-27(2,3)30-24-23(20-13-15-21(35-5)16-14-20)29-25-33(24)31-26(36-25)32(4)18-22(34)28-17-9-12-19-10-7-6-8-11-19/h6-8,10-11,13-16,30H,9,12,17-18H2,1-5H3,(H,28,34). The van der Waals surface area contributed by atoms with E-state index < -0.39 is 0 Å². The Bertz CT molecular complexity index is 1290. The van der Waals surface area contributed by atoms with Crippen molar-refractivity contribution in [2.75, 3.05) is 37.5 Å². The topological polar surface area (TPSA) is 83.8 Å². The molecular weight excluding hydrogens is 472 g/mol. The van der Waals surface area contributed by atoms with Crippen molar-refractivity contribution in [3.05, 3.63) is 60.2 Å². The number of fused-ring (bicyclic) bond motifs is 1. The molecule has 0 aliphatic rings. The summed E-state index contributed by atoms with van der Waals surface area (Å²) in [4.78, 5) is 20.0. The van der Waals surface area contributed by atoms with Crippen LogP contribution in [0.2, 0.25) is 0 Å². The predicted molar refractivity (Wildman–Crippen MR) is 147 cm³/mol. The highest BCUT2D eigenvalue weighted by atomic mass is 32.1. The second-order valence-corrected chi connectivity index (χ2v) is 10.7. The van der Waals surface area contributed by atoms with Gasteiger partial charge in [0.2, 0.25) is 16.0 Å². The van der Waals surface area contributed by atoms with Crippen molar-refractivity contribution in [1.82, 2.24) is 19.9 Å². The maximum atomic E-state index is 12.5. The highest BCUT2D eigenvalue weighted by Crippen LogP contribution is 2.35. The Labute approximate surface area is 216 Å². The van der Waals surface area contributed by atoms with Crippen LogP contribution in [0.4, 0.5) is 10.9 Å². The molecule has 36 heavy (non-hydrogen) atoms. The summed E-state index contributed by atoms with van der Waals surface area (Å²) >= 11 is 1.46. The first-order chi connectivity index (χ1) is 17.2. The lowest BCUT2D eigenvalue weighted by atomic mass is 10.1. The number of ether oxygens (including phenoxy) is 1. The number of anilines is 2. The normalized spacial score (nSPS) is 11.5. The van der Waals surface area contributed by atoms with Gasteiger partial charge in [0.1, 0.15) is 11.4 Å². The monoisotopic (exact) mass is 506 g/mol. The first-order valence-electron chi connectivity index (χ1n) is 12.1. The van der Waals surface area contributed by atoms with Gasteiger partial charge in [0.05, 0.1) is 13.7 Å². The number of nitrogens with one attached hydrogen (secondary N) is 2. The molecule has 4 aromatic rings. The van der Waals surface area contributed by atoms with Crippen LogP contribution in [0, 0.1) is 0 Å². The fourth-order valence-electron chi connectivity index (χ4n) is 3.81. The predicted octanol–water partition coefficient (Wildman–Crippen LogP) is 4.86. The number of benzene rings is 2. The molecule has 0 spiro atoms. The number of hydrogen-bond acceptors (Lipinski definition) is 7. The van der Waals surface area contributed by atoms with Crippen LogP contribution < -0.4 is 20.3 Å². The molecule has 0 fully saturated rings. The van der Waals surface area contributed by atoms with E-state index in [1.807, 2.05) is 58.9 Å². The largest absolute Gasteiger partial charge is 0.497 e. The van der Waals surface area contributed by atoms with Crippen molar-refractivity contribution >= 4 is 33.2 Å². The van der Waals surface area contributed by atoms with Crippen molar-refractivity contribution in [2.45, 2.75) is 39.2 Å². The average molecular weight is 507 g/mol. The Kier molecular flexibility index (Phi) is 7.79. The van der Waals surface area contributed by atoms with Crippen LogP contribution in [0.3, 0.4) is 0 Å². The van der Waals surface area contributed by atoms with Gasteiger partial charge in [0, 0.05) is 24.7 Å². The zero-order valence-corrected chi connectivity index (χ0v) is 22.4. The zero-order valence-electron chi connectivity index (χ0n) is 21.5. The first-order valence-corrected chi connectivity index (χ1v) is 12.9. The number of aromatic nitrogens is 3. The third-order valence-electron chi connectivity index (χ3n) is 5.56. The molecule has 190 valence electrons. The Morgan fingerprint density at radius 1 is 1.11 bits per heavy atom. The second kappa shape index (κ2) is 11.0. The molecule has 4 rings (SSSR count). The van der Waals surface area contributed by atoms with Gasteiger partial charge in [-0.3, -0.25) is 4.79 Å². The van der Waals surface area contributed by atoms with Gasteiger partial charge in [-0.15, -0.1) is 5.10 Å². The van der Waals surface area contributed by atoms with Crippen LogP contribution >= 0.6 is 11.3 Å². The summed E-state index contributed by atoms with van der Waals surface area (Å²) in [5, 5.41) is 12.1. The Balaban J connectivity index is 1.45. The highest BCUT2D eigenvalue weighted by Gasteiger charge is 2.23. The number of amides is 1. The van der Waals surface area contributed by atoms with Crippen LogP contribution in [0.5, 0.6) is 5.75 Å². The van der Waals surface area contributed by atoms with Gasteiger partial charge < -0.3 is 20.3 Å². The lowest BCUT2D eigenvalue weighted by Gasteiger charge is -2.22. The van der Waals surface area contributed by atoms with E-state index in [0.717, 1.165) is 45.8 Å². The minimum Gasteiger partial charge on any atom is -0.497 e. The molecular formula is C27H34N6O2S. The lowest BCUT2D eigenvalue weighted by molar-refractivity contribution is -0.119. The molecule has 0 bridgehead atoms. The molecule has 0 radical (unpaired) electrons. The molecule has 2 aromatic heterocycles. The van der Waals surface area contributed by atoms with E-state index in [2.05, 4.69) is 43.5 Å². The Morgan fingerprint density at radius 3 is 2.50 bits per heavy atom. The van der Waals surface area contributed by atoms with E-state index in [9.17, 15) is 4.79 Å². The number of rotatable bonds is 10. The number of imidazole rings is 1. The molecule has 2 heterocycles. The van der Waals surface area contributed by atoms with E-state index in [1.165, 1.54) is 16.9 Å². The van der Waals surface area contributed by atoms with Gasteiger partial charge in [-0.2, -0.15) is 4.52 Å². The van der Waals surface area contributed by atoms with E-state index in [1.54, 1.807) is 7.11 Å². The maximum absolute atomic E-state index is 12.5. The van der Waals surface area contributed by atoms with E-state index in [-0.39, 0.29) is 18.0 Å². The van der Waals surface area contributed by atoms with Crippen molar-refractivity contribution < 1.29 is 9.53 Å². The van der Waals surface area contributed by atoms with Gasteiger partial charge in [-0.1, -0.05) is 41.7 Å². The summed E-state index contributed by atoms with van der Waals surface area (Å²) in [7, 11) is 3.53. The summed E-state index contributed by atoms with van der Waals surface area (Å²) < 4.78 is 7.13. The number of carbonyl (C=O) groups is 1. The molecule has 9 heteroatoms. The van der Waals surface area contributed by atoms with Crippen molar-refractivity contribution in [1.29, 1.82) is 0 Å². The molecule has 8 nitrogen and oxygen atoms in total. The number of aryl methyl sites for hydroxylation is 1. The van der Waals surface area contributed by atoms with Gasteiger partial charge in [-0.05, 0) is 63.4 Å². The summed E-state index contributed by atoms with van der Waals surface area (Å²) in [6.07, 6.45) is 1.85. The highest BCUT2D eigenvalue weighted by molar-refractivity contribution is 7.20. The van der Waals surface area contributed by atoms with E-state index >= 15 is 0 Å². The van der Waals surface area contributed by atoms with Crippen molar-refractivity contribution in [3.63, 3.8) is 0 Å². The van der Waals surface area contributed by atoms with E-state index in [4.69, 9.17) is 14.8 Å². The third kappa shape index (κ3) is 6.34. The van der Waals surface area contributed by atoms with Gasteiger partial charge in [0.25, 0.3) is 0 Å². The van der Waals surface area contributed by atoms with Gasteiger partial charge >= 0.3 is 0 Å². The number of carbonyl (C=O) groups excluding carboxylic acids is 1. The second-order valence-electron chi connectivity index (χ2n) is 9.79. The minimum absolute atomic E-state index is 0.0228. The number of nitrogens with zero attached hydrogens (tertiary/aromatic N) is 4. The summed E-state index contributed by atoms with van der Waals surface area (Å²) in [5.41, 5.74) is 2.90. The zero-order chi connectivity index (χ0) is 25.7. The number of likely N-dealkylation sites (N-methyl/N-ethyl adjacent to an activating group) is 1. The van der Waals surface area contributed by atoms with E-state index in [0.29, 0.717) is 6.54 Å². The fraction of sp³-hybridized carbons (Fsp3) is 0.370.